The van der Waals surface area contributed by atoms with Crippen LogP contribution in [0.4, 0.5) is 5.69 Å². The van der Waals surface area contributed by atoms with Crippen molar-refractivity contribution in [3.05, 3.63) is 41.2 Å². The van der Waals surface area contributed by atoms with E-state index in [-0.39, 0.29) is 18.1 Å². The summed E-state index contributed by atoms with van der Waals surface area (Å²) in [6.07, 6.45) is 2.31. The van der Waals surface area contributed by atoms with Crippen molar-refractivity contribution in [1.29, 1.82) is 0 Å². The third-order valence-electron chi connectivity index (χ3n) is 4.47. The molecule has 0 spiro atoms. The summed E-state index contributed by atoms with van der Waals surface area (Å²) in [5, 5.41) is 3.37. The number of ether oxygens (including phenoxy) is 1. The summed E-state index contributed by atoms with van der Waals surface area (Å²) in [7, 11) is 2.01. The SMILES string of the molecule is CCOC(=O)C1CCC(N)C2=C(N1)N(C)c1ccccc1C2. The van der Waals surface area contributed by atoms with Gasteiger partial charge in [-0.05, 0) is 37.0 Å². The highest BCUT2D eigenvalue weighted by atomic mass is 16.5. The van der Waals surface area contributed by atoms with E-state index >= 15 is 0 Å². The highest BCUT2D eigenvalue weighted by Gasteiger charge is 2.33. The minimum atomic E-state index is -0.328. The van der Waals surface area contributed by atoms with Crippen molar-refractivity contribution in [2.45, 2.75) is 38.3 Å². The first-order valence-electron chi connectivity index (χ1n) is 7.85. The normalized spacial score (nSPS) is 24.0. The molecule has 2 unspecified atom stereocenters. The van der Waals surface area contributed by atoms with Gasteiger partial charge in [0.05, 0.1) is 6.61 Å². The van der Waals surface area contributed by atoms with Gasteiger partial charge in [-0.25, -0.2) is 4.79 Å². The summed E-state index contributed by atoms with van der Waals surface area (Å²) in [6, 6.07) is 7.95. The molecule has 2 aliphatic heterocycles. The maximum atomic E-state index is 12.1. The van der Waals surface area contributed by atoms with Crippen LogP contribution in [0.5, 0.6) is 0 Å². The summed E-state index contributed by atoms with van der Waals surface area (Å²) in [4.78, 5) is 14.2. The van der Waals surface area contributed by atoms with E-state index in [4.69, 9.17) is 10.5 Å². The molecule has 0 aromatic heterocycles. The number of fused-ring (bicyclic) bond motifs is 1. The maximum Gasteiger partial charge on any atom is 0.328 e. The molecule has 0 saturated heterocycles. The van der Waals surface area contributed by atoms with Crippen LogP contribution in [0.3, 0.4) is 0 Å². The van der Waals surface area contributed by atoms with Crippen molar-refractivity contribution in [3.63, 3.8) is 0 Å². The number of nitrogens with zero attached hydrogens (tertiary/aromatic N) is 1. The Labute approximate surface area is 131 Å². The number of nitrogens with one attached hydrogen (secondary N) is 1. The predicted molar refractivity (Wildman–Crippen MR) is 86.3 cm³/mol. The molecule has 0 aliphatic carbocycles. The average molecular weight is 301 g/mol. The largest absolute Gasteiger partial charge is 0.464 e. The Morgan fingerprint density at radius 3 is 2.95 bits per heavy atom. The summed E-state index contributed by atoms with van der Waals surface area (Å²) >= 11 is 0. The van der Waals surface area contributed by atoms with Gasteiger partial charge in [0, 0.05) is 25.2 Å². The van der Waals surface area contributed by atoms with Crippen LogP contribution in [0.1, 0.15) is 25.3 Å². The molecule has 0 fully saturated rings. The van der Waals surface area contributed by atoms with E-state index in [0.717, 1.165) is 24.4 Å². The molecule has 3 N–H and O–H groups in total. The van der Waals surface area contributed by atoms with Crippen LogP contribution in [-0.2, 0) is 16.0 Å². The molecule has 0 amide bonds. The topological polar surface area (TPSA) is 67.6 Å². The maximum absolute atomic E-state index is 12.1. The molecule has 0 bridgehead atoms. The molecule has 1 aromatic carbocycles. The summed E-state index contributed by atoms with van der Waals surface area (Å²) in [5.74, 6) is 0.762. The lowest BCUT2D eigenvalue weighted by atomic mass is 9.92. The number of carbonyl (C=O) groups excluding carboxylic acids is 1. The number of benzene rings is 1. The van der Waals surface area contributed by atoms with E-state index in [1.54, 1.807) is 0 Å². The lowest BCUT2D eigenvalue weighted by Crippen LogP contribution is -2.43. The van der Waals surface area contributed by atoms with E-state index < -0.39 is 0 Å². The van der Waals surface area contributed by atoms with Crippen LogP contribution in [0.2, 0.25) is 0 Å². The Morgan fingerprint density at radius 2 is 2.18 bits per heavy atom. The van der Waals surface area contributed by atoms with Gasteiger partial charge in [-0.3, -0.25) is 0 Å². The van der Waals surface area contributed by atoms with Crippen LogP contribution in [0.15, 0.2) is 35.7 Å². The zero-order valence-electron chi connectivity index (χ0n) is 13.1. The van der Waals surface area contributed by atoms with Gasteiger partial charge in [0.2, 0.25) is 0 Å². The first kappa shape index (κ1) is 14.9. The van der Waals surface area contributed by atoms with Gasteiger partial charge in [-0.1, -0.05) is 18.2 Å². The van der Waals surface area contributed by atoms with Gasteiger partial charge in [0.25, 0.3) is 0 Å². The molecule has 5 heteroatoms. The molecule has 2 aliphatic rings. The quantitative estimate of drug-likeness (QED) is 0.811. The van der Waals surface area contributed by atoms with Crippen LogP contribution < -0.4 is 16.0 Å². The third kappa shape index (κ3) is 2.57. The number of para-hydroxylation sites is 1. The van der Waals surface area contributed by atoms with Crippen molar-refractivity contribution in [2.75, 3.05) is 18.6 Å². The number of esters is 1. The summed E-state index contributed by atoms with van der Waals surface area (Å²) in [6.45, 7) is 2.22. The van der Waals surface area contributed by atoms with E-state index in [1.807, 2.05) is 20.0 Å². The molecule has 5 nitrogen and oxygen atoms in total. The summed E-state index contributed by atoms with van der Waals surface area (Å²) < 4.78 is 5.17. The highest BCUT2D eigenvalue weighted by Crippen LogP contribution is 2.34. The predicted octanol–water partition coefficient (Wildman–Crippen LogP) is 1.53. The second-order valence-corrected chi connectivity index (χ2v) is 5.87. The second kappa shape index (κ2) is 6.01. The van der Waals surface area contributed by atoms with Crippen molar-refractivity contribution in [1.82, 2.24) is 5.32 Å². The number of hydrogen-bond acceptors (Lipinski definition) is 5. The molecular weight excluding hydrogens is 278 g/mol. The first-order chi connectivity index (χ1) is 10.6. The zero-order chi connectivity index (χ0) is 15.7. The lowest BCUT2D eigenvalue weighted by molar-refractivity contribution is -0.145. The highest BCUT2D eigenvalue weighted by molar-refractivity contribution is 5.77. The Balaban J connectivity index is 1.93. The number of rotatable bonds is 2. The molecule has 0 radical (unpaired) electrons. The molecule has 2 atom stereocenters. The monoisotopic (exact) mass is 301 g/mol. The molecule has 1 aromatic rings. The fourth-order valence-electron chi connectivity index (χ4n) is 3.29. The second-order valence-electron chi connectivity index (χ2n) is 5.87. The van der Waals surface area contributed by atoms with Crippen molar-refractivity contribution < 1.29 is 9.53 Å². The molecule has 118 valence electrons. The van der Waals surface area contributed by atoms with Crippen molar-refractivity contribution >= 4 is 11.7 Å². The number of nitrogens with two attached hydrogens (primary N) is 1. The minimum Gasteiger partial charge on any atom is -0.464 e. The van der Waals surface area contributed by atoms with Gasteiger partial charge in [-0.15, -0.1) is 0 Å². The Hall–Kier alpha value is -2.01. The van der Waals surface area contributed by atoms with E-state index in [0.29, 0.717) is 13.0 Å². The molecular formula is C17H23N3O2. The van der Waals surface area contributed by atoms with Gasteiger partial charge in [0.1, 0.15) is 11.9 Å². The Bertz CT molecular complexity index is 612. The fraction of sp³-hybridized carbons (Fsp3) is 0.471. The van der Waals surface area contributed by atoms with Crippen LogP contribution in [0.25, 0.3) is 0 Å². The van der Waals surface area contributed by atoms with E-state index in [2.05, 4.69) is 28.4 Å². The Morgan fingerprint density at radius 1 is 1.41 bits per heavy atom. The lowest BCUT2D eigenvalue weighted by Gasteiger charge is -2.34. The van der Waals surface area contributed by atoms with Crippen LogP contribution in [-0.4, -0.2) is 31.7 Å². The number of hydrogen-bond donors (Lipinski definition) is 2. The fourth-order valence-corrected chi connectivity index (χ4v) is 3.29. The van der Waals surface area contributed by atoms with Gasteiger partial charge in [0.15, 0.2) is 0 Å². The van der Waals surface area contributed by atoms with Gasteiger partial charge in [-0.2, -0.15) is 0 Å². The third-order valence-corrected chi connectivity index (χ3v) is 4.47. The van der Waals surface area contributed by atoms with Crippen LogP contribution >= 0.6 is 0 Å². The molecule has 2 heterocycles. The number of anilines is 1. The summed E-state index contributed by atoms with van der Waals surface area (Å²) in [5.41, 5.74) is 9.97. The zero-order valence-corrected chi connectivity index (χ0v) is 13.1. The standard InChI is InChI=1S/C17H23N3O2/c1-3-22-17(21)14-9-8-13(18)12-10-11-6-4-5-7-15(11)20(2)16(12)19-14/h4-7,13-14,19H,3,8-10,18H2,1-2H3. The molecule has 0 saturated carbocycles. The average Bonchev–Trinajstić information content (AvgIpc) is 2.68. The minimum absolute atomic E-state index is 0.0299. The Kier molecular flexibility index (Phi) is 4.07. The number of carbonyl (C=O) groups is 1. The van der Waals surface area contributed by atoms with Gasteiger partial charge >= 0.3 is 5.97 Å². The van der Waals surface area contributed by atoms with Crippen molar-refractivity contribution in [2.24, 2.45) is 5.73 Å². The van der Waals surface area contributed by atoms with Crippen LogP contribution in [0, 0.1) is 0 Å². The van der Waals surface area contributed by atoms with E-state index in [9.17, 15) is 4.79 Å². The molecule has 22 heavy (non-hydrogen) atoms. The first-order valence-corrected chi connectivity index (χ1v) is 7.85. The smallest absolute Gasteiger partial charge is 0.328 e. The van der Waals surface area contributed by atoms with Gasteiger partial charge < -0.3 is 20.7 Å². The molecule has 3 rings (SSSR count). The van der Waals surface area contributed by atoms with Crippen molar-refractivity contribution in [3.8, 4) is 0 Å². The van der Waals surface area contributed by atoms with E-state index in [1.165, 1.54) is 11.1 Å².